The van der Waals surface area contributed by atoms with Crippen LogP contribution in [0.3, 0.4) is 0 Å². The SMILES string of the molecule is C[C@@H]1CCCC[C@@H]1NC(=O)CSc1nnc(-c2ccccc2)o1. The Morgan fingerprint density at radius 1 is 1.26 bits per heavy atom. The van der Waals surface area contributed by atoms with E-state index in [1.165, 1.54) is 31.0 Å². The third kappa shape index (κ3) is 4.34. The second-order valence-electron chi connectivity index (χ2n) is 5.96. The van der Waals surface area contributed by atoms with Gasteiger partial charge in [0.15, 0.2) is 0 Å². The van der Waals surface area contributed by atoms with Crippen molar-refractivity contribution in [3.8, 4) is 11.5 Å². The minimum atomic E-state index is 0.0354. The molecule has 0 bridgehead atoms. The van der Waals surface area contributed by atoms with Crippen LogP contribution in [0.25, 0.3) is 11.5 Å². The lowest BCUT2D eigenvalue weighted by Crippen LogP contribution is -2.41. The molecule has 0 spiro atoms. The molecule has 2 atom stereocenters. The Bertz CT molecular complexity index is 644. The number of thioether (sulfide) groups is 1. The molecule has 1 aliphatic rings. The van der Waals surface area contributed by atoms with E-state index >= 15 is 0 Å². The normalized spacial score (nSPS) is 21.1. The standard InChI is InChI=1S/C17H21N3O2S/c1-12-7-5-6-10-14(12)18-15(21)11-23-17-20-19-16(22-17)13-8-3-2-4-9-13/h2-4,8-9,12,14H,5-7,10-11H2,1H3,(H,18,21)/t12-,14+/m1/s1. The summed E-state index contributed by atoms with van der Waals surface area (Å²) < 4.78 is 5.59. The molecule has 0 unspecified atom stereocenters. The van der Waals surface area contributed by atoms with Gasteiger partial charge >= 0.3 is 0 Å². The van der Waals surface area contributed by atoms with Crippen molar-refractivity contribution in [2.75, 3.05) is 5.75 Å². The van der Waals surface area contributed by atoms with E-state index in [9.17, 15) is 4.79 Å². The van der Waals surface area contributed by atoms with Gasteiger partial charge in [0.2, 0.25) is 11.8 Å². The van der Waals surface area contributed by atoms with E-state index in [4.69, 9.17) is 4.42 Å². The Morgan fingerprint density at radius 2 is 2.04 bits per heavy atom. The fourth-order valence-electron chi connectivity index (χ4n) is 2.87. The van der Waals surface area contributed by atoms with E-state index < -0.39 is 0 Å². The number of amides is 1. The van der Waals surface area contributed by atoms with Gasteiger partial charge in [-0.1, -0.05) is 49.7 Å². The largest absolute Gasteiger partial charge is 0.411 e. The number of hydrogen-bond acceptors (Lipinski definition) is 5. The molecule has 1 aromatic heterocycles. The quantitative estimate of drug-likeness (QED) is 0.849. The second kappa shape index (κ2) is 7.64. The van der Waals surface area contributed by atoms with Crippen LogP contribution >= 0.6 is 11.8 Å². The molecule has 0 radical (unpaired) electrons. The van der Waals surface area contributed by atoms with Gasteiger partial charge in [-0.3, -0.25) is 4.79 Å². The van der Waals surface area contributed by atoms with Crippen LogP contribution in [-0.2, 0) is 4.79 Å². The van der Waals surface area contributed by atoms with Gasteiger partial charge < -0.3 is 9.73 Å². The van der Waals surface area contributed by atoms with Crippen LogP contribution < -0.4 is 5.32 Å². The molecule has 1 aliphatic carbocycles. The van der Waals surface area contributed by atoms with Gasteiger partial charge in [0.25, 0.3) is 5.22 Å². The number of carbonyl (C=O) groups excluding carboxylic acids is 1. The molecule has 1 N–H and O–H groups in total. The third-order valence-corrected chi connectivity index (χ3v) is 5.03. The van der Waals surface area contributed by atoms with Gasteiger partial charge in [-0.25, -0.2) is 0 Å². The minimum absolute atomic E-state index is 0.0354. The first kappa shape index (κ1) is 16.1. The molecule has 3 rings (SSSR count). The third-order valence-electron chi connectivity index (χ3n) is 4.21. The fraction of sp³-hybridized carbons (Fsp3) is 0.471. The first-order valence-electron chi connectivity index (χ1n) is 8.03. The molecule has 122 valence electrons. The second-order valence-corrected chi connectivity index (χ2v) is 6.89. The van der Waals surface area contributed by atoms with Crippen molar-refractivity contribution in [3.05, 3.63) is 30.3 Å². The molecule has 1 aromatic carbocycles. The summed E-state index contributed by atoms with van der Waals surface area (Å²) in [5.74, 6) is 1.38. The van der Waals surface area contributed by atoms with E-state index in [0.29, 0.717) is 28.8 Å². The zero-order valence-corrected chi connectivity index (χ0v) is 14.0. The van der Waals surface area contributed by atoms with Gasteiger partial charge in [-0.15, -0.1) is 10.2 Å². The zero-order valence-electron chi connectivity index (χ0n) is 13.2. The Morgan fingerprint density at radius 3 is 2.83 bits per heavy atom. The average Bonchev–Trinajstić information content (AvgIpc) is 3.05. The summed E-state index contributed by atoms with van der Waals surface area (Å²) >= 11 is 1.28. The molecule has 6 heteroatoms. The Labute approximate surface area is 140 Å². The molecule has 23 heavy (non-hydrogen) atoms. The summed E-state index contributed by atoms with van der Waals surface area (Å²) in [6.07, 6.45) is 4.75. The van der Waals surface area contributed by atoms with Crippen LogP contribution in [0.5, 0.6) is 0 Å². The summed E-state index contributed by atoms with van der Waals surface area (Å²) in [6.45, 7) is 2.21. The number of aromatic nitrogens is 2. The van der Waals surface area contributed by atoms with Crippen LogP contribution in [0.4, 0.5) is 0 Å². The summed E-state index contributed by atoms with van der Waals surface area (Å²) in [6, 6.07) is 9.92. The molecule has 1 amide bonds. The number of benzene rings is 1. The van der Waals surface area contributed by atoms with Crippen molar-refractivity contribution in [2.45, 2.75) is 43.9 Å². The topological polar surface area (TPSA) is 68.0 Å². The maximum absolute atomic E-state index is 12.1. The highest BCUT2D eigenvalue weighted by molar-refractivity contribution is 7.99. The lowest BCUT2D eigenvalue weighted by Gasteiger charge is -2.29. The lowest BCUT2D eigenvalue weighted by atomic mass is 9.86. The van der Waals surface area contributed by atoms with Gasteiger partial charge in [0.1, 0.15) is 0 Å². The van der Waals surface area contributed by atoms with Gasteiger partial charge in [-0.2, -0.15) is 0 Å². The Kier molecular flexibility index (Phi) is 5.33. The molecule has 2 aromatic rings. The van der Waals surface area contributed by atoms with Crippen LogP contribution in [0.2, 0.25) is 0 Å². The lowest BCUT2D eigenvalue weighted by molar-refractivity contribution is -0.119. The predicted molar refractivity (Wildman–Crippen MR) is 90.0 cm³/mol. The van der Waals surface area contributed by atoms with E-state index in [0.717, 1.165) is 12.0 Å². The van der Waals surface area contributed by atoms with Crippen molar-refractivity contribution < 1.29 is 9.21 Å². The van der Waals surface area contributed by atoms with Crippen molar-refractivity contribution >= 4 is 17.7 Å². The molecule has 0 saturated heterocycles. The molecular formula is C17H21N3O2S. The number of nitrogens with zero attached hydrogens (tertiary/aromatic N) is 2. The van der Waals surface area contributed by atoms with E-state index in [1.54, 1.807) is 0 Å². The first-order valence-corrected chi connectivity index (χ1v) is 9.02. The highest BCUT2D eigenvalue weighted by atomic mass is 32.2. The Balaban J connectivity index is 1.50. The van der Waals surface area contributed by atoms with E-state index in [-0.39, 0.29) is 5.91 Å². The number of nitrogens with one attached hydrogen (secondary N) is 1. The van der Waals surface area contributed by atoms with Crippen LogP contribution in [0, 0.1) is 5.92 Å². The van der Waals surface area contributed by atoms with Crippen molar-refractivity contribution in [3.63, 3.8) is 0 Å². The summed E-state index contributed by atoms with van der Waals surface area (Å²) in [4.78, 5) is 12.1. The minimum Gasteiger partial charge on any atom is -0.411 e. The first-order chi connectivity index (χ1) is 11.2. The number of hydrogen-bond donors (Lipinski definition) is 1. The Hall–Kier alpha value is -1.82. The smallest absolute Gasteiger partial charge is 0.277 e. The van der Waals surface area contributed by atoms with E-state index in [2.05, 4.69) is 22.4 Å². The van der Waals surface area contributed by atoms with Crippen LogP contribution in [0.15, 0.2) is 40.0 Å². The summed E-state index contributed by atoms with van der Waals surface area (Å²) in [7, 11) is 0. The molecular weight excluding hydrogens is 310 g/mol. The molecule has 1 saturated carbocycles. The average molecular weight is 331 g/mol. The fourth-order valence-corrected chi connectivity index (χ4v) is 3.45. The van der Waals surface area contributed by atoms with Gasteiger partial charge in [0.05, 0.1) is 5.75 Å². The predicted octanol–water partition coefficient (Wildman–Crippen LogP) is 3.52. The van der Waals surface area contributed by atoms with Crippen LogP contribution in [-0.4, -0.2) is 27.9 Å². The molecule has 1 heterocycles. The van der Waals surface area contributed by atoms with Gasteiger partial charge in [0, 0.05) is 11.6 Å². The zero-order chi connectivity index (χ0) is 16.1. The highest BCUT2D eigenvalue weighted by Gasteiger charge is 2.23. The highest BCUT2D eigenvalue weighted by Crippen LogP contribution is 2.25. The monoisotopic (exact) mass is 331 g/mol. The molecule has 0 aliphatic heterocycles. The van der Waals surface area contributed by atoms with Crippen molar-refractivity contribution in [2.24, 2.45) is 5.92 Å². The number of carbonyl (C=O) groups is 1. The van der Waals surface area contributed by atoms with Crippen molar-refractivity contribution in [1.82, 2.24) is 15.5 Å². The number of rotatable bonds is 5. The van der Waals surface area contributed by atoms with Crippen LogP contribution in [0.1, 0.15) is 32.6 Å². The van der Waals surface area contributed by atoms with Gasteiger partial charge in [-0.05, 0) is 30.9 Å². The summed E-state index contributed by atoms with van der Waals surface area (Å²) in [5, 5.41) is 11.6. The molecule has 1 fully saturated rings. The summed E-state index contributed by atoms with van der Waals surface area (Å²) in [5.41, 5.74) is 0.882. The van der Waals surface area contributed by atoms with Crippen molar-refractivity contribution in [1.29, 1.82) is 0 Å². The maximum Gasteiger partial charge on any atom is 0.277 e. The maximum atomic E-state index is 12.1. The molecule has 5 nitrogen and oxygen atoms in total. The van der Waals surface area contributed by atoms with E-state index in [1.807, 2.05) is 30.3 Å².